The van der Waals surface area contributed by atoms with Crippen molar-refractivity contribution in [2.75, 3.05) is 12.4 Å². The van der Waals surface area contributed by atoms with Crippen LogP contribution >= 0.6 is 11.6 Å². The second-order valence-electron chi connectivity index (χ2n) is 7.19. The Labute approximate surface area is 207 Å². The fourth-order valence-corrected chi connectivity index (χ4v) is 2.97. The third kappa shape index (κ3) is 7.55. The molecule has 0 bridgehead atoms. The molecule has 35 heavy (non-hydrogen) atoms. The van der Waals surface area contributed by atoms with E-state index in [1.54, 1.807) is 36.4 Å². The molecule has 0 saturated heterocycles. The SMILES string of the molecule is COc1cc(/C=N\NC(=O)C(=O)Nc2ccc(C)c(Cl)c2)ccc1OC(=O)/C=C/c1ccccc1. The standard InChI is InChI=1S/C26H22ClN3O5/c1-17-8-11-20(15-21(17)27)29-25(32)26(33)30-28-16-19-9-12-22(23(14-19)34-2)35-24(31)13-10-18-6-4-3-5-7-18/h3-16H,1-2H3,(H,29,32)(H,30,33)/b13-10+,28-16-. The van der Waals surface area contributed by atoms with Crippen molar-refractivity contribution < 1.29 is 23.9 Å². The van der Waals surface area contributed by atoms with Crippen LogP contribution in [0, 0.1) is 6.92 Å². The molecule has 0 aromatic heterocycles. The Balaban J connectivity index is 1.57. The van der Waals surface area contributed by atoms with Gasteiger partial charge in [0.2, 0.25) is 0 Å². The van der Waals surface area contributed by atoms with Crippen LogP contribution in [0.15, 0.2) is 77.9 Å². The maximum Gasteiger partial charge on any atom is 0.336 e. The molecule has 8 nitrogen and oxygen atoms in total. The predicted octanol–water partition coefficient (Wildman–Crippen LogP) is 4.36. The first kappa shape index (κ1) is 25.2. The zero-order chi connectivity index (χ0) is 25.2. The maximum atomic E-state index is 12.1. The number of nitrogens with zero attached hydrogens (tertiary/aromatic N) is 1. The number of aryl methyl sites for hydroxylation is 1. The van der Waals surface area contributed by atoms with Crippen molar-refractivity contribution in [1.29, 1.82) is 0 Å². The van der Waals surface area contributed by atoms with E-state index in [0.717, 1.165) is 11.1 Å². The maximum absolute atomic E-state index is 12.1. The number of anilines is 1. The molecule has 0 heterocycles. The van der Waals surface area contributed by atoms with Crippen molar-refractivity contribution >= 4 is 47.4 Å². The number of benzene rings is 3. The van der Waals surface area contributed by atoms with Gasteiger partial charge in [-0.1, -0.05) is 48.0 Å². The summed E-state index contributed by atoms with van der Waals surface area (Å²) in [6.45, 7) is 1.82. The minimum absolute atomic E-state index is 0.215. The van der Waals surface area contributed by atoms with E-state index in [1.807, 2.05) is 37.3 Å². The van der Waals surface area contributed by atoms with Crippen molar-refractivity contribution in [3.8, 4) is 11.5 Å². The molecule has 0 spiro atoms. The van der Waals surface area contributed by atoms with Crippen LogP contribution in [0.25, 0.3) is 6.08 Å². The second-order valence-corrected chi connectivity index (χ2v) is 7.60. The van der Waals surface area contributed by atoms with Gasteiger partial charge in [0, 0.05) is 16.8 Å². The Hall–Kier alpha value is -4.43. The first-order chi connectivity index (χ1) is 16.9. The van der Waals surface area contributed by atoms with Crippen molar-refractivity contribution in [1.82, 2.24) is 5.43 Å². The highest BCUT2D eigenvalue weighted by molar-refractivity contribution is 6.39. The van der Waals surface area contributed by atoms with Crippen LogP contribution < -0.4 is 20.2 Å². The van der Waals surface area contributed by atoms with Gasteiger partial charge in [-0.25, -0.2) is 10.2 Å². The Morgan fingerprint density at radius 2 is 1.69 bits per heavy atom. The highest BCUT2D eigenvalue weighted by Gasteiger charge is 2.13. The van der Waals surface area contributed by atoms with E-state index in [4.69, 9.17) is 21.1 Å². The second kappa shape index (κ2) is 12.2. The lowest BCUT2D eigenvalue weighted by molar-refractivity contribution is -0.136. The number of halogens is 1. The molecule has 9 heteroatoms. The minimum atomic E-state index is -0.958. The van der Waals surface area contributed by atoms with Gasteiger partial charge in [-0.3, -0.25) is 9.59 Å². The highest BCUT2D eigenvalue weighted by Crippen LogP contribution is 2.28. The number of hydrogen-bond acceptors (Lipinski definition) is 6. The highest BCUT2D eigenvalue weighted by atomic mass is 35.5. The molecule has 3 rings (SSSR count). The Morgan fingerprint density at radius 1 is 0.914 bits per heavy atom. The number of nitrogens with one attached hydrogen (secondary N) is 2. The molecule has 2 N–H and O–H groups in total. The normalized spacial score (nSPS) is 10.8. The molecule has 0 aliphatic rings. The molecule has 0 unspecified atom stereocenters. The van der Waals surface area contributed by atoms with Crippen molar-refractivity contribution in [3.05, 3.63) is 94.5 Å². The molecule has 0 atom stereocenters. The van der Waals surface area contributed by atoms with E-state index in [2.05, 4.69) is 15.8 Å². The monoisotopic (exact) mass is 491 g/mol. The average molecular weight is 492 g/mol. The predicted molar refractivity (Wildman–Crippen MR) is 135 cm³/mol. The summed E-state index contributed by atoms with van der Waals surface area (Å²) in [6, 6.07) is 18.9. The summed E-state index contributed by atoms with van der Waals surface area (Å²) < 4.78 is 10.6. The zero-order valence-corrected chi connectivity index (χ0v) is 19.7. The Morgan fingerprint density at radius 3 is 2.40 bits per heavy atom. The Bertz CT molecular complexity index is 1290. The van der Waals surface area contributed by atoms with Gasteiger partial charge in [0.1, 0.15) is 0 Å². The lowest BCUT2D eigenvalue weighted by Crippen LogP contribution is -2.32. The van der Waals surface area contributed by atoms with Gasteiger partial charge < -0.3 is 14.8 Å². The molecule has 2 amide bonds. The quantitative estimate of drug-likeness (QED) is 0.127. The van der Waals surface area contributed by atoms with Crippen LogP contribution in [-0.4, -0.2) is 31.1 Å². The topological polar surface area (TPSA) is 106 Å². The third-order valence-corrected chi connectivity index (χ3v) is 5.03. The fraction of sp³-hybridized carbons (Fsp3) is 0.0769. The van der Waals surface area contributed by atoms with Crippen LogP contribution in [0.4, 0.5) is 5.69 Å². The van der Waals surface area contributed by atoms with E-state index in [9.17, 15) is 14.4 Å². The van der Waals surface area contributed by atoms with Crippen LogP contribution in [0.3, 0.4) is 0 Å². The van der Waals surface area contributed by atoms with Crippen molar-refractivity contribution in [2.45, 2.75) is 6.92 Å². The molecule has 0 aliphatic carbocycles. The number of methoxy groups -OCH3 is 1. The molecule has 0 saturated carbocycles. The molecular weight excluding hydrogens is 470 g/mol. The number of hydrogen-bond donors (Lipinski definition) is 2. The van der Waals surface area contributed by atoms with Crippen LogP contribution in [0.2, 0.25) is 5.02 Å². The largest absolute Gasteiger partial charge is 0.493 e. The van der Waals surface area contributed by atoms with E-state index in [0.29, 0.717) is 16.3 Å². The lowest BCUT2D eigenvalue weighted by atomic mass is 10.2. The molecule has 3 aromatic carbocycles. The third-order valence-electron chi connectivity index (χ3n) is 4.63. The first-order valence-electron chi connectivity index (χ1n) is 10.4. The van der Waals surface area contributed by atoms with Crippen molar-refractivity contribution in [2.24, 2.45) is 5.10 Å². The summed E-state index contributed by atoms with van der Waals surface area (Å²) in [4.78, 5) is 36.2. The van der Waals surface area contributed by atoms with Crippen molar-refractivity contribution in [3.63, 3.8) is 0 Å². The van der Waals surface area contributed by atoms with Gasteiger partial charge >= 0.3 is 17.8 Å². The summed E-state index contributed by atoms with van der Waals surface area (Å²) in [5.41, 5.74) is 4.77. The number of esters is 1. The molecular formula is C26H22ClN3O5. The summed E-state index contributed by atoms with van der Waals surface area (Å²) >= 11 is 6.02. The molecule has 178 valence electrons. The fourth-order valence-electron chi connectivity index (χ4n) is 2.79. The van der Waals surface area contributed by atoms with Gasteiger partial charge in [0.25, 0.3) is 0 Å². The molecule has 0 aliphatic heterocycles. The smallest absolute Gasteiger partial charge is 0.336 e. The van der Waals surface area contributed by atoms with Crippen LogP contribution in [0.1, 0.15) is 16.7 Å². The van der Waals surface area contributed by atoms with Gasteiger partial charge in [0.15, 0.2) is 11.5 Å². The Kier molecular flexibility index (Phi) is 8.75. The lowest BCUT2D eigenvalue weighted by Gasteiger charge is -2.08. The molecule has 0 radical (unpaired) electrons. The number of carbonyl (C=O) groups is 3. The van der Waals surface area contributed by atoms with Gasteiger partial charge in [-0.05, 0) is 60.0 Å². The van der Waals surface area contributed by atoms with E-state index in [1.165, 1.54) is 25.5 Å². The summed E-state index contributed by atoms with van der Waals surface area (Å²) in [5, 5.41) is 6.69. The first-order valence-corrected chi connectivity index (χ1v) is 10.8. The van der Waals surface area contributed by atoms with Gasteiger partial charge in [-0.15, -0.1) is 0 Å². The number of amides is 2. The van der Waals surface area contributed by atoms with E-state index < -0.39 is 17.8 Å². The summed E-state index contributed by atoms with van der Waals surface area (Å²) in [7, 11) is 1.43. The zero-order valence-electron chi connectivity index (χ0n) is 18.9. The van der Waals surface area contributed by atoms with Crippen LogP contribution in [0.5, 0.6) is 11.5 Å². The number of rotatable bonds is 7. The minimum Gasteiger partial charge on any atom is -0.493 e. The van der Waals surface area contributed by atoms with E-state index >= 15 is 0 Å². The number of hydrazone groups is 1. The number of ether oxygens (including phenoxy) is 2. The van der Waals surface area contributed by atoms with Gasteiger partial charge in [0.05, 0.1) is 13.3 Å². The number of carbonyl (C=O) groups excluding carboxylic acids is 3. The van der Waals surface area contributed by atoms with E-state index in [-0.39, 0.29) is 11.5 Å². The summed E-state index contributed by atoms with van der Waals surface area (Å²) in [6.07, 6.45) is 4.27. The molecule has 3 aromatic rings. The molecule has 0 fully saturated rings. The van der Waals surface area contributed by atoms with Crippen LogP contribution in [-0.2, 0) is 14.4 Å². The summed E-state index contributed by atoms with van der Waals surface area (Å²) in [5.74, 6) is -1.92. The average Bonchev–Trinajstić information content (AvgIpc) is 2.86. The van der Waals surface area contributed by atoms with Gasteiger partial charge in [-0.2, -0.15) is 5.10 Å².